The fourth-order valence-electron chi connectivity index (χ4n) is 1.78. The molecular formula is C15H16N2O2S. The summed E-state index contributed by atoms with van der Waals surface area (Å²) in [5.74, 6) is 1.41. The molecule has 4 nitrogen and oxygen atoms in total. The molecule has 1 aromatic heterocycles. The Morgan fingerprint density at radius 1 is 1.15 bits per heavy atom. The normalized spacial score (nSPS) is 10.1. The Hall–Kier alpha value is -2.14. The van der Waals surface area contributed by atoms with E-state index < -0.39 is 0 Å². The van der Waals surface area contributed by atoms with Crippen molar-refractivity contribution in [3.63, 3.8) is 0 Å². The second-order valence-electron chi connectivity index (χ2n) is 4.04. The number of rotatable bonds is 6. The van der Waals surface area contributed by atoms with Gasteiger partial charge in [0.1, 0.15) is 17.3 Å². The first-order valence-corrected chi connectivity index (χ1v) is 6.71. The van der Waals surface area contributed by atoms with Gasteiger partial charge in [-0.2, -0.15) is 0 Å². The lowest BCUT2D eigenvalue weighted by molar-refractivity contribution is 0.269. The Morgan fingerprint density at radius 3 is 2.50 bits per heavy atom. The summed E-state index contributed by atoms with van der Waals surface area (Å²) in [4.78, 5) is 4.44. The largest absolute Gasteiger partial charge is 0.490 e. The molecule has 0 unspecified atom stereocenters. The minimum Gasteiger partial charge on any atom is -0.490 e. The van der Waals surface area contributed by atoms with Crippen LogP contribution in [0.5, 0.6) is 11.5 Å². The molecule has 0 amide bonds. The number of hydrogen-bond acceptors (Lipinski definition) is 4. The summed E-state index contributed by atoms with van der Waals surface area (Å²) in [6, 6.07) is 11.3. The second kappa shape index (κ2) is 6.86. The Bertz CT molecular complexity index is 602. The number of hydrogen-bond donors (Lipinski definition) is 1. The molecule has 0 bridgehead atoms. The third kappa shape index (κ3) is 3.45. The van der Waals surface area contributed by atoms with E-state index in [0.29, 0.717) is 24.7 Å². The van der Waals surface area contributed by atoms with Crippen LogP contribution in [0.15, 0.2) is 42.6 Å². The lowest BCUT2D eigenvalue weighted by atomic mass is 10.2. The van der Waals surface area contributed by atoms with Gasteiger partial charge in [0.05, 0.1) is 6.61 Å². The van der Waals surface area contributed by atoms with Crippen molar-refractivity contribution in [3.05, 3.63) is 53.9 Å². The van der Waals surface area contributed by atoms with Crippen molar-refractivity contribution in [2.75, 3.05) is 6.61 Å². The number of benzene rings is 1. The summed E-state index contributed by atoms with van der Waals surface area (Å²) in [6.45, 7) is 2.86. The van der Waals surface area contributed by atoms with E-state index >= 15 is 0 Å². The Balaban J connectivity index is 2.15. The van der Waals surface area contributed by atoms with E-state index in [1.807, 2.05) is 43.3 Å². The molecule has 0 aliphatic carbocycles. The molecule has 0 saturated heterocycles. The van der Waals surface area contributed by atoms with E-state index in [2.05, 4.69) is 4.98 Å². The Morgan fingerprint density at radius 2 is 1.85 bits per heavy atom. The van der Waals surface area contributed by atoms with Crippen LogP contribution >= 0.6 is 12.2 Å². The summed E-state index contributed by atoms with van der Waals surface area (Å²) in [5.41, 5.74) is 7.10. The number of ether oxygens (including phenoxy) is 2. The van der Waals surface area contributed by atoms with Crippen LogP contribution < -0.4 is 15.2 Å². The van der Waals surface area contributed by atoms with E-state index in [4.69, 9.17) is 27.4 Å². The van der Waals surface area contributed by atoms with E-state index in [1.165, 1.54) is 0 Å². The predicted octanol–water partition coefficient (Wildman–Crippen LogP) is 2.69. The molecule has 0 radical (unpaired) electrons. The molecule has 1 aromatic carbocycles. The van der Waals surface area contributed by atoms with Crippen molar-refractivity contribution >= 4 is 17.2 Å². The zero-order valence-corrected chi connectivity index (χ0v) is 12.0. The minimum atomic E-state index is 0.266. The first kappa shape index (κ1) is 14.3. The van der Waals surface area contributed by atoms with Gasteiger partial charge in [-0.3, -0.25) is 4.98 Å². The minimum absolute atomic E-state index is 0.266. The first-order chi connectivity index (χ1) is 9.72. The van der Waals surface area contributed by atoms with Crippen LogP contribution in [-0.2, 0) is 6.61 Å². The molecule has 0 saturated carbocycles. The van der Waals surface area contributed by atoms with Crippen molar-refractivity contribution in [1.82, 2.24) is 4.98 Å². The highest BCUT2D eigenvalue weighted by Crippen LogP contribution is 2.27. The highest BCUT2D eigenvalue weighted by atomic mass is 32.1. The van der Waals surface area contributed by atoms with Crippen molar-refractivity contribution in [1.29, 1.82) is 0 Å². The molecule has 2 rings (SSSR count). The molecule has 1 heterocycles. The molecule has 2 N–H and O–H groups in total. The number of nitrogens with zero attached hydrogens (tertiary/aromatic N) is 1. The van der Waals surface area contributed by atoms with Crippen LogP contribution in [0.4, 0.5) is 0 Å². The fraction of sp³-hybridized carbons (Fsp3) is 0.200. The quantitative estimate of drug-likeness (QED) is 0.828. The van der Waals surface area contributed by atoms with Crippen molar-refractivity contribution in [3.8, 4) is 11.5 Å². The first-order valence-electron chi connectivity index (χ1n) is 6.30. The molecule has 0 spiro atoms. The molecule has 0 aliphatic heterocycles. The van der Waals surface area contributed by atoms with Gasteiger partial charge in [0.15, 0.2) is 11.5 Å². The predicted molar refractivity (Wildman–Crippen MR) is 82.1 cm³/mol. The maximum absolute atomic E-state index is 5.79. The van der Waals surface area contributed by atoms with Gasteiger partial charge in [-0.05, 0) is 25.1 Å². The Kier molecular flexibility index (Phi) is 4.90. The third-order valence-corrected chi connectivity index (χ3v) is 2.85. The molecular weight excluding hydrogens is 272 g/mol. The van der Waals surface area contributed by atoms with E-state index in [9.17, 15) is 0 Å². The Labute approximate surface area is 123 Å². The maximum atomic E-state index is 5.79. The van der Waals surface area contributed by atoms with Crippen molar-refractivity contribution in [2.45, 2.75) is 13.5 Å². The van der Waals surface area contributed by atoms with Crippen molar-refractivity contribution < 1.29 is 9.47 Å². The smallest absolute Gasteiger partial charge is 0.161 e. The van der Waals surface area contributed by atoms with Crippen LogP contribution in [0.3, 0.4) is 0 Å². The molecule has 0 atom stereocenters. The fourth-order valence-corrected chi connectivity index (χ4v) is 1.96. The van der Waals surface area contributed by atoms with Crippen LogP contribution in [0.25, 0.3) is 0 Å². The SMILES string of the molecule is CCOc1ccccc1OCc1cccnc1C(N)=S. The highest BCUT2D eigenvalue weighted by Gasteiger charge is 2.08. The van der Waals surface area contributed by atoms with Gasteiger partial charge in [0.25, 0.3) is 0 Å². The summed E-state index contributed by atoms with van der Waals surface area (Å²) in [5, 5.41) is 0. The summed E-state index contributed by atoms with van der Waals surface area (Å²) >= 11 is 4.98. The van der Waals surface area contributed by atoms with Gasteiger partial charge in [0.2, 0.25) is 0 Å². The summed E-state index contributed by atoms with van der Waals surface area (Å²) < 4.78 is 11.3. The zero-order valence-electron chi connectivity index (χ0n) is 11.2. The second-order valence-corrected chi connectivity index (χ2v) is 4.48. The standard InChI is InChI=1S/C15H16N2O2S/c1-2-18-12-7-3-4-8-13(12)19-10-11-6-5-9-17-14(11)15(16)20/h3-9H,2,10H2,1H3,(H2,16,20). The van der Waals surface area contributed by atoms with E-state index in [1.54, 1.807) is 6.20 Å². The number of pyridine rings is 1. The monoisotopic (exact) mass is 288 g/mol. The van der Waals surface area contributed by atoms with E-state index in [-0.39, 0.29) is 4.99 Å². The van der Waals surface area contributed by atoms with Gasteiger partial charge in [-0.1, -0.05) is 30.4 Å². The number of aromatic nitrogens is 1. The summed E-state index contributed by atoms with van der Waals surface area (Å²) in [7, 11) is 0. The number of para-hydroxylation sites is 2. The lowest BCUT2D eigenvalue weighted by Crippen LogP contribution is -2.15. The van der Waals surface area contributed by atoms with Gasteiger partial charge in [-0.15, -0.1) is 0 Å². The number of nitrogens with two attached hydrogens (primary N) is 1. The van der Waals surface area contributed by atoms with Gasteiger partial charge >= 0.3 is 0 Å². The highest BCUT2D eigenvalue weighted by molar-refractivity contribution is 7.80. The van der Waals surface area contributed by atoms with Gasteiger partial charge < -0.3 is 15.2 Å². The molecule has 2 aromatic rings. The molecule has 104 valence electrons. The van der Waals surface area contributed by atoms with Crippen LogP contribution in [0.2, 0.25) is 0 Å². The average Bonchev–Trinajstić information content (AvgIpc) is 2.47. The van der Waals surface area contributed by atoms with E-state index in [0.717, 1.165) is 11.3 Å². The lowest BCUT2D eigenvalue weighted by Gasteiger charge is -2.12. The molecule has 0 aliphatic rings. The molecule has 0 fully saturated rings. The maximum Gasteiger partial charge on any atom is 0.161 e. The average molecular weight is 288 g/mol. The molecule has 20 heavy (non-hydrogen) atoms. The van der Waals surface area contributed by atoms with Crippen LogP contribution in [-0.4, -0.2) is 16.6 Å². The third-order valence-electron chi connectivity index (χ3n) is 2.66. The van der Waals surface area contributed by atoms with Crippen molar-refractivity contribution in [2.24, 2.45) is 5.73 Å². The topological polar surface area (TPSA) is 57.4 Å². The van der Waals surface area contributed by atoms with Gasteiger partial charge in [0, 0.05) is 11.8 Å². The van der Waals surface area contributed by atoms with Crippen LogP contribution in [0, 0.1) is 0 Å². The summed E-state index contributed by atoms with van der Waals surface area (Å²) in [6.07, 6.45) is 1.66. The zero-order chi connectivity index (χ0) is 14.4. The molecule has 5 heteroatoms. The van der Waals surface area contributed by atoms with Crippen LogP contribution in [0.1, 0.15) is 18.2 Å². The number of thiocarbonyl (C=S) groups is 1. The van der Waals surface area contributed by atoms with Gasteiger partial charge in [-0.25, -0.2) is 0 Å².